The van der Waals surface area contributed by atoms with E-state index in [4.69, 9.17) is 14.6 Å². The summed E-state index contributed by atoms with van der Waals surface area (Å²) in [4.78, 5) is 15.2. The summed E-state index contributed by atoms with van der Waals surface area (Å²) < 4.78 is 11.1. The summed E-state index contributed by atoms with van der Waals surface area (Å²) in [5, 5.41) is 9.10. The third kappa shape index (κ3) is 2.88. The molecule has 2 rings (SSSR count). The molecule has 0 aliphatic carbocycles. The van der Waals surface area contributed by atoms with E-state index in [0.29, 0.717) is 29.5 Å². The van der Waals surface area contributed by atoms with Gasteiger partial charge in [-0.3, -0.25) is 0 Å². The summed E-state index contributed by atoms with van der Waals surface area (Å²) in [7, 11) is 0. The van der Waals surface area contributed by atoms with Crippen LogP contribution in [0, 0.1) is 6.92 Å². The van der Waals surface area contributed by atoms with E-state index in [1.165, 1.54) is 6.07 Å². The van der Waals surface area contributed by atoms with Gasteiger partial charge < -0.3 is 14.6 Å². The van der Waals surface area contributed by atoms with Crippen LogP contribution in [0.3, 0.4) is 0 Å². The molecule has 1 aromatic heterocycles. The lowest BCUT2D eigenvalue weighted by molar-refractivity contribution is 0.0695. The second kappa shape index (κ2) is 6.06. The molecular formula is C15H15NO4. The number of carboxylic acid groups (broad SMARTS) is 1. The number of carbonyl (C=O) groups is 1. The molecule has 2 aromatic rings. The zero-order valence-electron chi connectivity index (χ0n) is 11.3. The largest absolute Gasteiger partial charge is 0.488 e. The first-order valence-electron chi connectivity index (χ1n) is 6.22. The van der Waals surface area contributed by atoms with Crippen LogP contribution in [0.1, 0.15) is 22.8 Å². The summed E-state index contributed by atoms with van der Waals surface area (Å²) in [6.07, 6.45) is 1.59. The second-order valence-corrected chi connectivity index (χ2v) is 4.08. The summed E-state index contributed by atoms with van der Waals surface area (Å²) in [5.74, 6) is 0.304. The highest BCUT2D eigenvalue weighted by Gasteiger charge is 2.13. The molecule has 1 aromatic carbocycles. The lowest BCUT2D eigenvalue weighted by Gasteiger charge is -2.12. The fourth-order valence-corrected chi connectivity index (χ4v) is 1.78. The van der Waals surface area contributed by atoms with Crippen LogP contribution < -0.4 is 9.47 Å². The summed E-state index contributed by atoms with van der Waals surface area (Å²) >= 11 is 0. The molecule has 20 heavy (non-hydrogen) atoms. The fourth-order valence-electron chi connectivity index (χ4n) is 1.78. The third-order valence-corrected chi connectivity index (χ3v) is 2.76. The van der Waals surface area contributed by atoms with Gasteiger partial charge in [0.05, 0.1) is 12.2 Å². The number of nitrogens with zero attached hydrogens (tertiary/aromatic N) is 1. The van der Waals surface area contributed by atoms with E-state index in [1.807, 2.05) is 6.92 Å². The zero-order chi connectivity index (χ0) is 14.5. The minimum Gasteiger partial charge on any atom is -0.488 e. The van der Waals surface area contributed by atoms with E-state index in [2.05, 4.69) is 4.98 Å². The van der Waals surface area contributed by atoms with Crippen LogP contribution in [-0.4, -0.2) is 22.7 Å². The Hall–Kier alpha value is -2.56. The monoisotopic (exact) mass is 273 g/mol. The first-order chi connectivity index (χ1) is 9.63. The minimum atomic E-state index is -0.987. The van der Waals surface area contributed by atoms with Crippen LogP contribution in [0.25, 0.3) is 0 Å². The van der Waals surface area contributed by atoms with E-state index < -0.39 is 5.97 Å². The van der Waals surface area contributed by atoms with Gasteiger partial charge in [-0.25, -0.2) is 9.78 Å². The van der Waals surface area contributed by atoms with Crippen molar-refractivity contribution in [2.24, 2.45) is 0 Å². The molecule has 0 unspecified atom stereocenters. The molecule has 0 spiro atoms. The smallest absolute Gasteiger partial charge is 0.336 e. The molecule has 0 fully saturated rings. The number of rotatable bonds is 5. The van der Waals surface area contributed by atoms with Crippen molar-refractivity contribution in [3.8, 4) is 17.4 Å². The molecule has 5 nitrogen and oxygen atoms in total. The molecule has 0 bridgehead atoms. The van der Waals surface area contributed by atoms with Crippen molar-refractivity contribution in [3.63, 3.8) is 0 Å². The Balaban J connectivity index is 2.35. The van der Waals surface area contributed by atoms with Crippen LogP contribution in [0.4, 0.5) is 0 Å². The van der Waals surface area contributed by atoms with Crippen LogP contribution in [0.15, 0.2) is 36.5 Å². The topological polar surface area (TPSA) is 68.7 Å². The number of benzene rings is 1. The average Bonchev–Trinajstić information content (AvgIpc) is 2.43. The number of carboxylic acids is 1. The molecule has 0 aliphatic heterocycles. The van der Waals surface area contributed by atoms with Crippen LogP contribution >= 0.6 is 0 Å². The maximum Gasteiger partial charge on any atom is 0.336 e. The first kappa shape index (κ1) is 13.9. The fraction of sp³-hybridized carbons (Fsp3) is 0.200. The molecule has 0 amide bonds. The van der Waals surface area contributed by atoms with Gasteiger partial charge in [0, 0.05) is 11.8 Å². The SMILES string of the molecule is CCOc1cccnc1Oc1cccc(C(=O)O)c1C. The Morgan fingerprint density at radius 1 is 1.25 bits per heavy atom. The van der Waals surface area contributed by atoms with Gasteiger partial charge in [-0.05, 0) is 38.1 Å². The summed E-state index contributed by atoms with van der Waals surface area (Å²) in [6, 6.07) is 8.37. The Bertz CT molecular complexity index is 625. The van der Waals surface area contributed by atoms with Crippen molar-refractivity contribution in [1.82, 2.24) is 4.98 Å². The second-order valence-electron chi connectivity index (χ2n) is 4.08. The summed E-state index contributed by atoms with van der Waals surface area (Å²) in [6.45, 7) is 4.06. The molecular weight excluding hydrogens is 258 g/mol. The quantitative estimate of drug-likeness (QED) is 0.905. The van der Waals surface area contributed by atoms with Crippen molar-refractivity contribution < 1.29 is 19.4 Å². The van der Waals surface area contributed by atoms with E-state index in [1.54, 1.807) is 37.4 Å². The van der Waals surface area contributed by atoms with Gasteiger partial charge in [0.2, 0.25) is 0 Å². The lowest BCUT2D eigenvalue weighted by atomic mass is 10.1. The van der Waals surface area contributed by atoms with Gasteiger partial charge >= 0.3 is 5.97 Å². The third-order valence-electron chi connectivity index (χ3n) is 2.76. The molecule has 0 saturated carbocycles. The molecule has 104 valence electrons. The molecule has 0 saturated heterocycles. The van der Waals surface area contributed by atoms with Crippen molar-refractivity contribution in [2.75, 3.05) is 6.61 Å². The number of pyridine rings is 1. The summed E-state index contributed by atoms with van der Waals surface area (Å²) in [5.41, 5.74) is 0.754. The van der Waals surface area contributed by atoms with E-state index in [-0.39, 0.29) is 5.56 Å². The standard InChI is InChI=1S/C15H15NO4/c1-3-19-13-8-5-9-16-14(13)20-12-7-4-6-11(10(12)2)15(17)18/h4-9H,3H2,1-2H3,(H,17,18). The van der Waals surface area contributed by atoms with Gasteiger partial charge in [-0.2, -0.15) is 0 Å². The highest BCUT2D eigenvalue weighted by Crippen LogP contribution is 2.31. The lowest BCUT2D eigenvalue weighted by Crippen LogP contribution is -2.02. The molecule has 1 heterocycles. The molecule has 5 heteroatoms. The molecule has 0 radical (unpaired) electrons. The zero-order valence-corrected chi connectivity index (χ0v) is 11.3. The number of aromatic carboxylic acids is 1. The van der Waals surface area contributed by atoms with Gasteiger partial charge in [0.25, 0.3) is 5.88 Å². The van der Waals surface area contributed by atoms with Crippen molar-refractivity contribution in [1.29, 1.82) is 0 Å². The van der Waals surface area contributed by atoms with Gasteiger partial charge in [-0.15, -0.1) is 0 Å². The molecule has 0 atom stereocenters. The van der Waals surface area contributed by atoms with Crippen LogP contribution in [-0.2, 0) is 0 Å². The number of aromatic nitrogens is 1. The Morgan fingerprint density at radius 2 is 2.00 bits per heavy atom. The number of hydrogen-bond donors (Lipinski definition) is 1. The predicted molar refractivity (Wildman–Crippen MR) is 73.6 cm³/mol. The number of hydrogen-bond acceptors (Lipinski definition) is 4. The Labute approximate surface area is 116 Å². The normalized spacial score (nSPS) is 10.1. The van der Waals surface area contributed by atoms with Crippen molar-refractivity contribution >= 4 is 5.97 Å². The van der Waals surface area contributed by atoms with E-state index in [9.17, 15) is 4.79 Å². The average molecular weight is 273 g/mol. The molecule has 0 aliphatic rings. The highest BCUT2D eigenvalue weighted by molar-refractivity contribution is 5.90. The van der Waals surface area contributed by atoms with Crippen molar-refractivity contribution in [2.45, 2.75) is 13.8 Å². The highest BCUT2D eigenvalue weighted by atomic mass is 16.5. The first-order valence-corrected chi connectivity index (χ1v) is 6.22. The van der Waals surface area contributed by atoms with Crippen LogP contribution in [0.2, 0.25) is 0 Å². The number of ether oxygens (including phenoxy) is 2. The van der Waals surface area contributed by atoms with Gasteiger partial charge in [0.1, 0.15) is 5.75 Å². The van der Waals surface area contributed by atoms with Gasteiger partial charge in [0.15, 0.2) is 5.75 Å². The van der Waals surface area contributed by atoms with Crippen LogP contribution in [0.5, 0.6) is 17.4 Å². The van der Waals surface area contributed by atoms with Crippen molar-refractivity contribution in [3.05, 3.63) is 47.7 Å². The van der Waals surface area contributed by atoms with E-state index >= 15 is 0 Å². The van der Waals surface area contributed by atoms with Gasteiger partial charge in [-0.1, -0.05) is 6.07 Å². The maximum absolute atomic E-state index is 11.1. The van der Waals surface area contributed by atoms with E-state index in [0.717, 1.165) is 0 Å². The predicted octanol–water partition coefficient (Wildman–Crippen LogP) is 3.28. The minimum absolute atomic E-state index is 0.205. The maximum atomic E-state index is 11.1. The Morgan fingerprint density at radius 3 is 2.70 bits per heavy atom. The molecule has 1 N–H and O–H groups in total. The Kier molecular flexibility index (Phi) is 4.20.